The molecule has 0 saturated carbocycles. The molecule has 0 fully saturated rings. The first-order chi connectivity index (χ1) is 10.8. The molecule has 2 aromatic carbocycles. The van der Waals surface area contributed by atoms with Crippen molar-refractivity contribution in [2.75, 3.05) is 6.61 Å². The van der Waals surface area contributed by atoms with Crippen LogP contribution in [-0.2, 0) is 0 Å². The molecular formula is C19H20N2O. The van der Waals surface area contributed by atoms with Crippen LogP contribution in [0.1, 0.15) is 37.3 Å². The molecule has 0 bridgehead atoms. The highest BCUT2D eigenvalue weighted by atomic mass is 16.5. The van der Waals surface area contributed by atoms with Crippen molar-refractivity contribution in [3.8, 4) is 11.8 Å². The van der Waals surface area contributed by atoms with E-state index in [2.05, 4.69) is 18.0 Å². The Morgan fingerprint density at radius 1 is 1.05 bits per heavy atom. The summed E-state index contributed by atoms with van der Waals surface area (Å²) in [7, 11) is 0. The van der Waals surface area contributed by atoms with Crippen molar-refractivity contribution < 1.29 is 4.74 Å². The molecule has 3 nitrogen and oxygen atoms in total. The Morgan fingerprint density at radius 2 is 1.77 bits per heavy atom. The molecule has 0 heterocycles. The Kier molecular flexibility index (Phi) is 6.19. The van der Waals surface area contributed by atoms with Gasteiger partial charge in [-0.15, -0.1) is 0 Å². The van der Waals surface area contributed by atoms with Crippen molar-refractivity contribution in [3.63, 3.8) is 0 Å². The van der Waals surface area contributed by atoms with Crippen LogP contribution in [0.3, 0.4) is 0 Å². The molecule has 22 heavy (non-hydrogen) atoms. The topological polar surface area (TPSA) is 45.4 Å². The number of nitrogens with zero attached hydrogens (tertiary/aromatic N) is 2. The molecule has 0 spiro atoms. The van der Waals surface area contributed by atoms with E-state index in [9.17, 15) is 0 Å². The predicted molar refractivity (Wildman–Crippen MR) is 89.9 cm³/mol. The Hall–Kier alpha value is -2.60. The molecule has 0 amide bonds. The molecular weight excluding hydrogens is 272 g/mol. The van der Waals surface area contributed by atoms with E-state index in [4.69, 9.17) is 10.00 Å². The van der Waals surface area contributed by atoms with Gasteiger partial charge in [-0.25, -0.2) is 0 Å². The number of nitriles is 1. The van der Waals surface area contributed by atoms with Gasteiger partial charge in [-0.3, -0.25) is 4.99 Å². The Labute approximate surface area is 131 Å². The second-order valence-corrected chi connectivity index (χ2v) is 5.04. The molecule has 0 atom stereocenters. The van der Waals surface area contributed by atoms with E-state index in [1.54, 1.807) is 18.3 Å². The highest BCUT2D eigenvalue weighted by Gasteiger charge is 1.95. The Balaban J connectivity index is 1.90. The van der Waals surface area contributed by atoms with Crippen LogP contribution in [0.4, 0.5) is 5.69 Å². The molecule has 2 rings (SSSR count). The fourth-order valence-electron chi connectivity index (χ4n) is 1.96. The lowest BCUT2D eigenvalue weighted by Gasteiger charge is -2.05. The molecule has 0 aliphatic heterocycles. The zero-order valence-electron chi connectivity index (χ0n) is 12.8. The lowest BCUT2D eigenvalue weighted by Crippen LogP contribution is -1.96. The van der Waals surface area contributed by atoms with E-state index >= 15 is 0 Å². The Bertz CT molecular complexity index is 637. The van der Waals surface area contributed by atoms with Crippen LogP contribution >= 0.6 is 0 Å². The van der Waals surface area contributed by atoms with E-state index < -0.39 is 0 Å². The zero-order chi connectivity index (χ0) is 15.6. The van der Waals surface area contributed by atoms with Crippen molar-refractivity contribution in [3.05, 3.63) is 59.7 Å². The molecule has 0 aromatic heterocycles. The minimum atomic E-state index is 0.654. The van der Waals surface area contributed by atoms with Crippen LogP contribution in [0, 0.1) is 11.3 Å². The third-order valence-electron chi connectivity index (χ3n) is 3.26. The van der Waals surface area contributed by atoms with Gasteiger partial charge in [0.15, 0.2) is 0 Å². The van der Waals surface area contributed by atoms with Crippen LogP contribution < -0.4 is 4.74 Å². The van der Waals surface area contributed by atoms with Crippen molar-refractivity contribution >= 4 is 11.9 Å². The first-order valence-corrected chi connectivity index (χ1v) is 7.59. The SMILES string of the molecule is CCCCCOc1ccc(N=Cc2ccc(C#N)cc2)cc1. The summed E-state index contributed by atoms with van der Waals surface area (Å²) in [4.78, 5) is 4.42. The first-order valence-electron chi connectivity index (χ1n) is 7.59. The number of hydrogen-bond donors (Lipinski definition) is 0. The standard InChI is InChI=1S/C19H20N2O/c1-2-3-4-13-22-19-11-9-18(10-12-19)21-15-17-7-5-16(14-20)6-8-17/h5-12,15H,2-4,13H2,1H3. The minimum Gasteiger partial charge on any atom is -0.494 e. The molecule has 112 valence electrons. The summed E-state index contributed by atoms with van der Waals surface area (Å²) in [6.07, 6.45) is 5.28. The first kappa shape index (κ1) is 15.8. The maximum Gasteiger partial charge on any atom is 0.119 e. The minimum absolute atomic E-state index is 0.654. The highest BCUT2D eigenvalue weighted by Crippen LogP contribution is 2.18. The van der Waals surface area contributed by atoms with Gasteiger partial charge in [0.05, 0.1) is 23.9 Å². The van der Waals surface area contributed by atoms with Crippen LogP contribution in [0.5, 0.6) is 5.75 Å². The third kappa shape index (κ3) is 5.06. The van der Waals surface area contributed by atoms with Gasteiger partial charge in [0.2, 0.25) is 0 Å². The summed E-state index contributed by atoms with van der Waals surface area (Å²) >= 11 is 0. The van der Waals surface area contributed by atoms with Gasteiger partial charge in [-0.05, 0) is 48.4 Å². The van der Waals surface area contributed by atoms with Gasteiger partial charge < -0.3 is 4.74 Å². The summed E-state index contributed by atoms with van der Waals surface area (Å²) in [5, 5.41) is 8.76. The largest absolute Gasteiger partial charge is 0.494 e. The highest BCUT2D eigenvalue weighted by molar-refractivity contribution is 5.82. The van der Waals surface area contributed by atoms with Gasteiger partial charge in [0.25, 0.3) is 0 Å². The van der Waals surface area contributed by atoms with Gasteiger partial charge in [-0.2, -0.15) is 5.26 Å². The van der Waals surface area contributed by atoms with E-state index in [1.165, 1.54) is 12.8 Å². The molecule has 3 heteroatoms. The van der Waals surface area contributed by atoms with Crippen LogP contribution in [0.15, 0.2) is 53.5 Å². The van der Waals surface area contributed by atoms with E-state index in [0.29, 0.717) is 5.56 Å². The van der Waals surface area contributed by atoms with E-state index in [0.717, 1.165) is 30.0 Å². The van der Waals surface area contributed by atoms with Gasteiger partial charge >= 0.3 is 0 Å². The molecule has 2 aromatic rings. The van der Waals surface area contributed by atoms with Gasteiger partial charge in [0, 0.05) is 6.21 Å². The number of ether oxygens (including phenoxy) is 1. The maximum atomic E-state index is 8.76. The van der Waals surface area contributed by atoms with Crippen molar-refractivity contribution in [2.24, 2.45) is 4.99 Å². The number of hydrogen-bond acceptors (Lipinski definition) is 3. The number of aliphatic imine (C=N–C) groups is 1. The maximum absolute atomic E-state index is 8.76. The number of unbranched alkanes of at least 4 members (excludes halogenated alkanes) is 2. The summed E-state index contributed by atoms with van der Waals surface area (Å²) < 4.78 is 5.67. The van der Waals surface area contributed by atoms with Gasteiger partial charge in [-0.1, -0.05) is 31.9 Å². The fourth-order valence-corrected chi connectivity index (χ4v) is 1.96. The molecule has 0 aliphatic carbocycles. The van der Waals surface area contributed by atoms with E-state index in [-0.39, 0.29) is 0 Å². The summed E-state index contributed by atoms with van der Waals surface area (Å²) in [6, 6.07) is 17.2. The molecule has 0 radical (unpaired) electrons. The van der Waals surface area contributed by atoms with Crippen molar-refractivity contribution in [2.45, 2.75) is 26.2 Å². The third-order valence-corrected chi connectivity index (χ3v) is 3.26. The zero-order valence-corrected chi connectivity index (χ0v) is 12.8. The second-order valence-electron chi connectivity index (χ2n) is 5.04. The van der Waals surface area contributed by atoms with Crippen LogP contribution in [0.25, 0.3) is 0 Å². The van der Waals surface area contributed by atoms with Gasteiger partial charge in [0.1, 0.15) is 5.75 Å². The normalized spacial score (nSPS) is 10.5. The van der Waals surface area contributed by atoms with Crippen molar-refractivity contribution in [1.82, 2.24) is 0 Å². The second kappa shape index (κ2) is 8.63. The van der Waals surface area contributed by atoms with E-state index in [1.807, 2.05) is 36.4 Å². The summed E-state index contributed by atoms with van der Waals surface area (Å²) in [5.41, 5.74) is 2.51. The number of benzene rings is 2. The lowest BCUT2D eigenvalue weighted by atomic mass is 10.2. The Morgan fingerprint density at radius 3 is 2.41 bits per heavy atom. The molecule has 0 unspecified atom stereocenters. The van der Waals surface area contributed by atoms with Crippen LogP contribution in [-0.4, -0.2) is 12.8 Å². The van der Waals surface area contributed by atoms with Crippen molar-refractivity contribution in [1.29, 1.82) is 5.26 Å². The van der Waals surface area contributed by atoms with Crippen LogP contribution in [0.2, 0.25) is 0 Å². The smallest absolute Gasteiger partial charge is 0.119 e. The molecule has 0 N–H and O–H groups in total. The predicted octanol–water partition coefficient (Wildman–Crippen LogP) is 4.88. The monoisotopic (exact) mass is 292 g/mol. The molecule has 0 saturated heterocycles. The molecule has 0 aliphatic rings. The summed E-state index contributed by atoms with van der Waals surface area (Å²) in [6.45, 7) is 2.95. The lowest BCUT2D eigenvalue weighted by molar-refractivity contribution is 0.306. The number of rotatable bonds is 7. The fraction of sp³-hybridized carbons (Fsp3) is 0.263. The summed E-state index contributed by atoms with van der Waals surface area (Å²) in [5.74, 6) is 0.883. The average Bonchev–Trinajstić information content (AvgIpc) is 2.58. The quantitative estimate of drug-likeness (QED) is 0.539. The average molecular weight is 292 g/mol.